The van der Waals surface area contributed by atoms with E-state index in [9.17, 15) is 0 Å². The Labute approximate surface area is 70.4 Å². The normalized spacial score (nSPS) is 14.4. The Morgan fingerprint density at radius 1 is 1.64 bits per heavy atom. The van der Waals surface area contributed by atoms with Crippen LogP contribution in [0.3, 0.4) is 0 Å². The van der Waals surface area contributed by atoms with Crippen LogP contribution in [0.2, 0.25) is 0 Å². The molecule has 0 radical (unpaired) electrons. The molecular weight excluding hydrogens is 134 g/mol. The predicted octanol–water partition coefficient (Wildman–Crippen LogP) is 2.81. The molecule has 0 N–H and O–H groups in total. The number of nitrogens with zero attached hydrogens (tertiary/aromatic N) is 1. The highest BCUT2D eigenvalue weighted by Gasteiger charge is 2.00. The standard InChI is InChI=1S/C10H19N/c1-6-9(3)8-11(5)10(4)7-2/h6,8,10H,1,7H2,2-5H3/b9-8-. The maximum absolute atomic E-state index is 3.70. The van der Waals surface area contributed by atoms with Crippen molar-refractivity contribution in [3.05, 3.63) is 24.4 Å². The second-order valence-electron chi connectivity index (χ2n) is 3.00. The van der Waals surface area contributed by atoms with E-state index in [1.54, 1.807) is 0 Å². The zero-order valence-electron chi connectivity index (χ0n) is 8.09. The highest BCUT2D eigenvalue weighted by Crippen LogP contribution is 2.03. The summed E-state index contributed by atoms with van der Waals surface area (Å²) >= 11 is 0. The van der Waals surface area contributed by atoms with Gasteiger partial charge in [-0.2, -0.15) is 0 Å². The lowest BCUT2D eigenvalue weighted by molar-refractivity contribution is 0.342. The largest absolute Gasteiger partial charge is 0.378 e. The highest BCUT2D eigenvalue weighted by atomic mass is 15.1. The molecule has 0 aliphatic rings. The molecule has 0 aromatic carbocycles. The van der Waals surface area contributed by atoms with Gasteiger partial charge >= 0.3 is 0 Å². The van der Waals surface area contributed by atoms with Crippen molar-refractivity contribution in [1.29, 1.82) is 0 Å². The molecule has 0 aliphatic carbocycles. The van der Waals surface area contributed by atoms with Crippen molar-refractivity contribution < 1.29 is 0 Å². The summed E-state index contributed by atoms with van der Waals surface area (Å²) in [6.07, 6.45) is 5.18. The van der Waals surface area contributed by atoms with E-state index in [1.165, 1.54) is 12.0 Å². The van der Waals surface area contributed by atoms with E-state index < -0.39 is 0 Å². The maximum atomic E-state index is 3.70. The minimum atomic E-state index is 0.616. The first-order chi connectivity index (χ1) is 5.11. The number of hydrogen-bond donors (Lipinski definition) is 0. The zero-order chi connectivity index (χ0) is 8.85. The summed E-state index contributed by atoms with van der Waals surface area (Å²) in [7, 11) is 2.10. The van der Waals surface area contributed by atoms with Crippen molar-refractivity contribution in [2.75, 3.05) is 7.05 Å². The molecule has 0 aromatic heterocycles. The van der Waals surface area contributed by atoms with Crippen molar-refractivity contribution in [2.24, 2.45) is 0 Å². The molecule has 0 aromatic rings. The minimum absolute atomic E-state index is 0.616. The van der Waals surface area contributed by atoms with Crippen LogP contribution in [0.1, 0.15) is 27.2 Å². The molecule has 11 heavy (non-hydrogen) atoms. The van der Waals surface area contributed by atoms with Gasteiger partial charge in [-0.1, -0.05) is 19.6 Å². The molecule has 1 nitrogen and oxygen atoms in total. The molecule has 0 heterocycles. The van der Waals surface area contributed by atoms with Crippen molar-refractivity contribution in [1.82, 2.24) is 4.90 Å². The van der Waals surface area contributed by atoms with Gasteiger partial charge in [-0.05, 0) is 25.8 Å². The van der Waals surface area contributed by atoms with E-state index in [-0.39, 0.29) is 0 Å². The fourth-order valence-electron chi connectivity index (χ4n) is 0.789. The van der Waals surface area contributed by atoms with E-state index in [0.717, 1.165) is 0 Å². The van der Waals surface area contributed by atoms with Gasteiger partial charge < -0.3 is 4.90 Å². The van der Waals surface area contributed by atoms with E-state index in [4.69, 9.17) is 0 Å². The van der Waals surface area contributed by atoms with Gasteiger partial charge in [-0.25, -0.2) is 0 Å². The quantitative estimate of drug-likeness (QED) is 0.561. The second kappa shape index (κ2) is 5.00. The topological polar surface area (TPSA) is 3.24 Å². The molecule has 0 rings (SSSR count). The molecule has 0 fully saturated rings. The summed E-state index contributed by atoms with van der Waals surface area (Å²) in [6, 6.07) is 0.616. The predicted molar refractivity (Wildman–Crippen MR) is 51.5 cm³/mol. The first-order valence-corrected chi connectivity index (χ1v) is 4.14. The molecule has 0 bridgehead atoms. The summed E-state index contributed by atoms with van der Waals surface area (Å²) in [5.41, 5.74) is 1.22. The van der Waals surface area contributed by atoms with Gasteiger partial charge in [0.1, 0.15) is 0 Å². The Balaban J connectivity index is 4.03. The van der Waals surface area contributed by atoms with Crippen LogP contribution in [0, 0.1) is 0 Å². The van der Waals surface area contributed by atoms with Gasteiger partial charge in [-0.15, -0.1) is 0 Å². The van der Waals surface area contributed by atoms with E-state index in [2.05, 4.69) is 45.5 Å². The SMILES string of the molecule is C=C/C(C)=C\N(C)C(C)CC. The Kier molecular flexibility index (Phi) is 4.67. The third-order valence-corrected chi connectivity index (χ3v) is 2.02. The first-order valence-electron chi connectivity index (χ1n) is 4.14. The zero-order valence-corrected chi connectivity index (χ0v) is 8.09. The van der Waals surface area contributed by atoms with E-state index in [1.807, 2.05) is 6.08 Å². The van der Waals surface area contributed by atoms with Crippen LogP contribution in [0.4, 0.5) is 0 Å². The molecule has 64 valence electrons. The summed E-state index contributed by atoms with van der Waals surface area (Å²) in [5, 5.41) is 0. The fraction of sp³-hybridized carbons (Fsp3) is 0.600. The van der Waals surface area contributed by atoms with Gasteiger partial charge in [0, 0.05) is 19.3 Å². The average molecular weight is 153 g/mol. The lowest BCUT2D eigenvalue weighted by atomic mass is 10.2. The van der Waals surface area contributed by atoms with Crippen molar-refractivity contribution in [3.8, 4) is 0 Å². The van der Waals surface area contributed by atoms with Crippen LogP contribution >= 0.6 is 0 Å². The summed E-state index contributed by atoms with van der Waals surface area (Å²) in [6.45, 7) is 10.2. The molecule has 0 aliphatic heterocycles. The van der Waals surface area contributed by atoms with Crippen LogP contribution in [-0.2, 0) is 0 Å². The molecule has 0 amide bonds. The van der Waals surface area contributed by atoms with Crippen LogP contribution in [0.25, 0.3) is 0 Å². The molecule has 1 heteroatoms. The monoisotopic (exact) mass is 153 g/mol. The van der Waals surface area contributed by atoms with Crippen LogP contribution in [0.15, 0.2) is 24.4 Å². The Bertz CT molecular complexity index is 147. The van der Waals surface area contributed by atoms with Crippen molar-refractivity contribution in [2.45, 2.75) is 33.2 Å². The Morgan fingerprint density at radius 3 is 2.55 bits per heavy atom. The molecule has 0 saturated heterocycles. The molecular formula is C10H19N. The fourth-order valence-corrected chi connectivity index (χ4v) is 0.789. The van der Waals surface area contributed by atoms with Gasteiger partial charge in [-0.3, -0.25) is 0 Å². The maximum Gasteiger partial charge on any atom is 0.0250 e. The molecule has 0 spiro atoms. The third-order valence-electron chi connectivity index (χ3n) is 2.02. The van der Waals surface area contributed by atoms with Crippen LogP contribution in [0.5, 0.6) is 0 Å². The lowest BCUT2D eigenvalue weighted by Crippen LogP contribution is -2.22. The first kappa shape index (κ1) is 10.3. The summed E-state index contributed by atoms with van der Waals surface area (Å²) in [5.74, 6) is 0. The molecule has 1 unspecified atom stereocenters. The average Bonchev–Trinajstić information content (AvgIpc) is 2.02. The van der Waals surface area contributed by atoms with Gasteiger partial charge in [0.25, 0.3) is 0 Å². The van der Waals surface area contributed by atoms with Crippen LogP contribution in [-0.4, -0.2) is 18.0 Å². The Hall–Kier alpha value is -0.720. The van der Waals surface area contributed by atoms with E-state index in [0.29, 0.717) is 6.04 Å². The Morgan fingerprint density at radius 2 is 2.18 bits per heavy atom. The van der Waals surface area contributed by atoms with Crippen molar-refractivity contribution in [3.63, 3.8) is 0 Å². The number of rotatable bonds is 4. The summed E-state index contributed by atoms with van der Waals surface area (Å²) < 4.78 is 0. The minimum Gasteiger partial charge on any atom is -0.378 e. The number of allylic oxidation sites excluding steroid dienone is 2. The number of hydrogen-bond acceptors (Lipinski definition) is 1. The smallest absolute Gasteiger partial charge is 0.0250 e. The third kappa shape index (κ3) is 3.87. The highest BCUT2D eigenvalue weighted by molar-refractivity contribution is 5.11. The molecule has 1 atom stereocenters. The van der Waals surface area contributed by atoms with Crippen LogP contribution < -0.4 is 0 Å². The molecule has 0 saturated carbocycles. The van der Waals surface area contributed by atoms with Gasteiger partial charge in [0.05, 0.1) is 0 Å². The van der Waals surface area contributed by atoms with Crippen molar-refractivity contribution >= 4 is 0 Å². The van der Waals surface area contributed by atoms with E-state index >= 15 is 0 Å². The summed E-state index contributed by atoms with van der Waals surface area (Å²) in [4.78, 5) is 2.22. The second-order valence-corrected chi connectivity index (χ2v) is 3.00. The van der Waals surface area contributed by atoms with Gasteiger partial charge in [0.15, 0.2) is 0 Å². The lowest BCUT2D eigenvalue weighted by Gasteiger charge is -2.22. The van der Waals surface area contributed by atoms with Gasteiger partial charge in [0.2, 0.25) is 0 Å².